The highest BCUT2D eigenvalue weighted by Crippen LogP contribution is 2.22. The van der Waals surface area contributed by atoms with E-state index < -0.39 is 10.0 Å². The highest BCUT2D eigenvalue weighted by Gasteiger charge is 2.25. The van der Waals surface area contributed by atoms with E-state index in [2.05, 4.69) is 5.32 Å². The molecular formula is C11H15ClN2O2S. The molecule has 2 rings (SSSR count). The molecule has 6 heteroatoms. The van der Waals surface area contributed by atoms with Crippen molar-refractivity contribution < 1.29 is 8.42 Å². The van der Waals surface area contributed by atoms with Gasteiger partial charge in [-0.3, -0.25) is 0 Å². The maximum Gasteiger partial charge on any atom is 0.243 e. The summed E-state index contributed by atoms with van der Waals surface area (Å²) >= 11 is 5.90. The maximum absolute atomic E-state index is 12.3. The van der Waals surface area contributed by atoms with Crippen LogP contribution in [0.1, 0.15) is 5.56 Å². The molecule has 94 valence electrons. The van der Waals surface area contributed by atoms with Gasteiger partial charge in [-0.15, -0.1) is 0 Å². The lowest BCUT2D eigenvalue weighted by molar-refractivity contribution is 0.360. The van der Waals surface area contributed by atoms with Crippen molar-refractivity contribution in [1.29, 1.82) is 0 Å². The first-order valence-corrected chi connectivity index (χ1v) is 7.30. The highest BCUT2D eigenvalue weighted by molar-refractivity contribution is 7.89. The topological polar surface area (TPSA) is 49.4 Å². The van der Waals surface area contributed by atoms with Crippen LogP contribution in [0.4, 0.5) is 0 Å². The molecule has 1 N–H and O–H groups in total. The monoisotopic (exact) mass is 274 g/mol. The van der Waals surface area contributed by atoms with Crippen LogP contribution in [0.25, 0.3) is 0 Å². The first-order valence-electron chi connectivity index (χ1n) is 5.49. The van der Waals surface area contributed by atoms with Crippen molar-refractivity contribution in [2.75, 3.05) is 26.2 Å². The number of nitrogens with one attached hydrogen (secondary N) is 1. The summed E-state index contributed by atoms with van der Waals surface area (Å²) < 4.78 is 26.1. The third-order valence-corrected chi connectivity index (χ3v) is 5.16. The van der Waals surface area contributed by atoms with E-state index in [1.807, 2.05) is 0 Å². The molecule has 0 saturated carbocycles. The quantitative estimate of drug-likeness (QED) is 0.883. The van der Waals surface area contributed by atoms with E-state index in [0.717, 1.165) is 5.56 Å². The van der Waals surface area contributed by atoms with E-state index >= 15 is 0 Å². The van der Waals surface area contributed by atoms with Crippen LogP contribution in [0.3, 0.4) is 0 Å². The Morgan fingerprint density at radius 2 is 1.94 bits per heavy atom. The molecule has 0 radical (unpaired) electrons. The van der Waals surface area contributed by atoms with E-state index in [0.29, 0.717) is 36.1 Å². The number of piperazine rings is 1. The molecule has 0 unspecified atom stereocenters. The first kappa shape index (κ1) is 12.8. The normalized spacial score (nSPS) is 18.2. The molecule has 1 fully saturated rings. The molecule has 1 aliphatic rings. The molecule has 1 aromatic rings. The summed E-state index contributed by atoms with van der Waals surface area (Å²) in [6.45, 7) is 4.24. The Morgan fingerprint density at radius 1 is 1.29 bits per heavy atom. The van der Waals surface area contributed by atoms with Crippen LogP contribution in [0.5, 0.6) is 0 Å². The van der Waals surface area contributed by atoms with Gasteiger partial charge in [0.05, 0.1) is 4.90 Å². The number of sulfonamides is 1. The van der Waals surface area contributed by atoms with Gasteiger partial charge in [-0.25, -0.2) is 8.42 Å². The van der Waals surface area contributed by atoms with Crippen LogP contribution in [0.15, 0.2) is 23.1 Å². The summed E-state index contributed by atoms with van der Waals surface area (Å²) in [5, 5.41) is 3.72. The van der Waals surface area contributed by atoms with Gasteiger partial charge in [-0.2, -0.15) is 4.31 Å². The fraction of sp³-hybridized carbons (Fsp3) is 0.455. The molecule has 1 heterocycles. The summed E-state index contributed by atoms with van der Waals surface area (Å²) in [5.74, 6) is 0. The number of benzene rings is 1. The molecule has 0 atom stereocenters. The molecule has 0 spiro atoms. The predicted molar refractivity (Wildman–Crippen MR) is 67.8 cm³/mol. The number of aryl methyl sites for hydroxylation is 1. The zero-order valence-corrected chi connectivity index (χ0v) is 11.2. The summed E-state index contributed by atoms with van der Waals surface area (Å²) in [6, 6.07) is 4.82. The van der Waals surface area contributed by atoms with Crippen molar-refractivity contribution in [2.24, 2.45) is 0 Å². The van der Waals surface area contributed by atoms with Crippen LogP contribution < -0.4 is 5.32 Å². The minimum absolute atomic E-state index is 0.321. The molecular weight excluding hydrogens is 260 g/mol. The number of halogens is 1. The maximum atomic E-state index is 12.3. The Hall–Kier alpha value is -0.620. The predicted octanol–water partition coefficient (Wildman–Crippen LogP) is 1.24. The number of nitrogens with zero attached hydrogens (tertiary/aromatic N) is 1. The van der Waals surface area contributed by atoms with E-state index in [9.17, 15) is 8.42 Å². The van der Waals surface area contributed by atoms with Crippen molar-refractivity contribution in [3.05, 3.63) is 28.8 Å². The van der Waals surface area contributed by atoms with Gasteiger partial charge in [0.2, 0.25) is 10.0 Å². The average molecular weight is 275 g/mol. The molecule has 0 aromatic heterocycles. The van der Waals surface area contributed by atoms with Gasteiger partial charge in [0, 0.05) is 31.2 Å². The first-order chi connectivity index (χ1) is 8.01. The molecule has 0 amide bonds. The molecule has 17 heavy (non-hydrogen) atoms. The third-order valence-electron chi connectivity index (χ3n) is 2.84. The zero-order chi connectivity index (χ0) is 12.5. The summed E-state index contributed by atoms with van der Waals surface area (Å²) in [6.07, 6.45) is 0. The van der Waals surface area contributed by atoms with Gasteiger partial charge >= 0.3 is 0 Å². The molecule has 4 nitrogen and oxygen atoms in total. The second-order valence-electron chi connectivity index (χ2n) is 4.07. The van der Waals surface area contributed by atoms with E-state index in [-0.39, 0.29) is 0 Å². The Labute approximate surface area is 107 Å². The largest absolute Gasteiger partial charge is 0.314 e. The van der Waals surface area contributed by atoms with Gasteiger partial charge in [0.15, 0.2) is 0 Å². The SMILES string of the molecule is Cc1cc(S(=O)(=O)N2CCNCC2)ccc1Cl. The average Bonchev–Trinajstić information content (AvgIpc) is 2.33. The third kappa shape index (κ3) is 2.63. The smallest absolute Gasteiger partial charge is 0.243 e. The second kappa shape index (κ2) is 4.94. The van der Waals surface area contributed by atoms with Crippen molar-refractivity contribution in [3.63, 3.8) is 0 Å². The second-order valence-corrected chi connectivity index (χ2v) is 6.41. The number of rotatable bonds is 2. The number of hydrogen-bond donors (Lipinski definition) is 1. The minimum Gasteiger partial charge on any atom is -0.314 e. The fourth-order valence-electron chi connectivity index (χ4n) is 1.81. The van der Waals surface area contributed by atoms with Crippen molar-refractivity contribution >= 4 is 21.6 Å². The number of hydrogen-bond acceptors (Lipinski definition) is 3. The van der Waals surface area contributed by atoms with Crippen LogP contribution in [-0.4, -0.2) is 38.9 Å². The zero-order valence-electron chi connectivity index (χ0n) is 9.61. The lowest BCUT2D eigenvalue weighted by Crippen LogP contribution is -2.46. The van der Waals surface area contributed by atoms with Gasteiger partial charge in [-0.1, -0.05) is 11.6 Å². The molecule has 1 aliphatic heterocycles. The van der Waals surface area contributed by atoms with Gasteiger partial charge in [0.1, 0.15) is 0 Å². The van der Waals surface area contributed by atoms with E-state index in [4.69, 9.17) is 11.6 Å². The Balaban J connectivity index is 2.33. The van der Waals surface area contributed by atoms with Gasteiger partial charge in [-0.05, 0) is 30.7 Å². The van der Waals surface area contributed by atoms with Gasteiger partial charge in [0.25, 0.3) is 0 Å². The van der Waals surface area contributed by atoms with E-state index in [1.165, 1.54) is 4.31 Å². The van der Waals surface area contributed by atoms with Crippen molar-refractivity contribution in [2.45, 2.75) is 11.8 Å². The summed E-state index contributed by atoms with van der Waals surface area (Å²) in [7, 11) is -3.37. The minimum atomic E-state index is -3.37. The fourth-order valence-corrected chi connectivity index (χ4v) is 3.46. The summed E-state index contributed by atoms with van der Waals surface area (Å²) in [4.78, 5) is 0.321. The van der Waals surface area contributed by atoms with E-state index in [1.54, 1.807) is 25.1 Å². The highest BCUT2D eigenvalue weighted by atomic mass is 35.5. The molecule has 1 saturated heterocycles. The Kier molecular flexibility index (Phi) is 3.73. The van der Waals surface area contributed by atoms with Crippen molar-refractivity contribution in [1.82, 2.24) is 9.62 Å². The van der Waals surface area contributed by atoms with Crippen LogP contribution in [0, 0.1) is 6.92 Å². The molecule has 0 aliphatic carbocycles. The molecule has 0 bridgehead atoms. The lowest BCUT2D eigenvalue weighted by atomic mass is 10.2. The standard InChI is InChI=1S/C11H15ClN2O2S/c1-9-8-10(2-3-11(9)12)17(15,16)14-6-4-13-5-7-14/h2-3,8,13H,4-7H2,1H3. The van der Waals surface area contributed by atoms with Gasteiger partial charge < -0.3 is 5.32 Å². The Morgan fingerprint density at radius 3 is 2.53 bits per heavy atom. The van der Waals surface area contributed by atoms with Crippen molar-refractivity contribution in [3.8, 4) is 0 Å². The van der Waals surface area contributed by atoms with Crippen LogP contribution in [-0.2, 0) is 10.0 Å². The van der Waals surface area contributed by atoms with Crippen LogP contribution in [0.2, 0.25) is 5.02 Å². The molecule has 1 aromatic carbocycles. The van der Waals surface area contributed by atoms with Crippen LogP contribution >= 0.6 is 11.6 Å². The summed E-state index contributed by atoms with van der Waals surface area (Å²) in [5.41, 5.74) is 0.780. The lowest BCUT2D eigenvalue weighted by Gasteiger charge is -2.26. The Bertz CT molecular complexity index is 510.